The van der Waals surface area contributed by atoms with E-state index in [0.717, 1.165) is 36.7 Å². The maximum atomic E-state index is 13.3. The molecule has 1 aromatic rings. The van der Waals surface area contributed by atoms with Crippen LogP contribution in [0.25, 0.3) is 0 Å². The number of amides is 3. The quantitative estimate of drug-likeness (QED) is 0.790. The maximum Gasteiger partial charge on any atom is 0.289 e. The summed E-state index contributed by atoms with van der Waals surface area (Å²) in [7, 11) is 0. The summed E-state index contributed by atoms with van der Waals surface area (Å²) < 4.78 is 0. The Balaban J connectivity index is 1.52. The van der Waals surface area contributed by atoms with E-state index in [-0.39, 0.29) is 29.4 Å². The summed E-state index contributed by atoms with van der Waals surface area (Å²) >= 11 is 1.04. The minimum absolute atomic E-state index is 0.0918. The van der Waals surface area contributed by atoms with E-state index >= 15 is 0 Å². The van der Waals surface area contributed by atoms with Gasteiger partial charge in [-0.1, -0.05) is 43.7 Å². The van der Waals surface area contributed by atoms with Crippen LogP contribution in [-0.2, 0) is 11.3 Å². The van der Waals surface area contributed by atoms with Gasteiger partial charge in [0.15, 0.2) is 0 Å². The predicted molar refractivity (Wildman–Crippen MR) is 105 cm³/mol. The number of imide groups is 1. The van der Waals surface area contributed by atoms with Gasteiger partial charge >= 0.3 is 0 Å². The molecule has 0 spiro atoms. The van der Waals surface area contributed by atoms with Crippen molar-refractivity contribution in [2.75, 3.05) is 12.3 Å². The van der Waals surface area contributed by atoms with Gasteiger partial charge in [0.2, 0.25) is 5.91 Å². The molecule has 5 nitrogen and oxygen atoms in total. The SMILES string of the molecule is CC1CCN(C(=O)c2cccc(CN3C(=O)CSC3=O)c2)C2CCCCC12. The Morgan fingerprint density at radius 2 is 2.00 bits per heavy atom. The minimum atomic E-state index is -0.202. The first-order chi connectivity index (χ1) is 13.0. The Labute approximate surface area is 164 Å². The second-order valence-corrected chi connectivity index (χ2v) is 8.94. The molecule has 0 radical (unpaired) electrons. The second-order valence-electron chi connectivity index (χ2n) is 8.02. The normalized spacial score (nSPS) is 28.4. The molecule has 3 amide bonds. The molecule has 2 heterocycles. The average molecular weight is 387 g/mol. The van der Waals surface area contributed by atoms with Crippen LogP contribution in [0.15, 0.2) is 24.3 Å². The molecular formula is C21H26N2O3S. The smallest absolute Gasteiger partial charge is 0.289 e. The molecule has 0 aromatic heterocycles. The lowest BCUT2D eigenvalue weighted by molar-refractivity contribution is -0.125. The molecule has 3 aliphatic rings. The van der Waals surface area contributed by atoms with Gasteiger partial charge in [-0.05, 0) is 48.8 Å². The Morgan fingerprint density at radius 3 is 2.78 bits per heavy atom. The van der Waals surface area contributed by atoms with Gasteiger partial charge in [-0.25, -0.2) is 0 Å². The standard InChI is InChI=1S/C21H26N2O3S/c1-14-9-10-22(18-8-3-2-7-17(14)18)20(25)16-6-4-5-15(11-16)12-23-19(24)13-27-21(23)26/h4-6,11,14,17-18H,2-3,7-10,12-13H2,1H3. The topological polar surface area (TPSA) is 57.7 Å². The third-order valence-electron chi connectivity index (χ3n) is 6.35. The number of piperidine rings is 1. The number of nitrogens with zero attached hydrogens (tertiary/aromatic N) is 2. The number of rotatable bonds is 3. The van der Waals surface area contributed by atoms with Crippen molar-refractivity contribution in [3.63, 3.8) is 0 Å². The lowest BCUT2D eigenvalue weighted by Gasteiger charge is -2.47. The maximum absolute atomic E-state index is 13.3. The largest absolute Gasteiger partial charge is 0.335 e. The Morgan fingerprint density at radius 1 is 1.19 bits per heavy atom. The van der Waals surface area contributed by atoms with Crippen LogP contribution in [0.3, 0.4) is 0 Å². The van der Waals surface area contributed by atoms with Crippen molar-refractivity contribution >= 4 is 28.8 Å². The van der Waals surface area contributed by atoms with E-state index in [9.17, 15) is 14.4 Å². The van der Waals surface area contributed by atoms with Crippen LogP contribution >= 0.6 is 11.8 Å². The molecule has 1 aromatic carbocycles. The van der Waals surface area contributed by atoms with E-state index in [1.807, 2.05) is 24.3 Å². The van der Waals surface area contributed by atoms with Crippen LogP contribution in [0.1, 0.15) is 54.9 Å². The zero-order valence-electron chi connectivity index (χ0n) is 15.7. The van der Waals surface area contributed by atoms with E-state index in [1.54, 1.807) is 0 Å². The van der Waals surface area contributed by atoms with Crippen LogP contribution in [0, 0.1) is 11.8 Å². The molecular weight excluding hydrogens is 360 g/mol. The van der Waals surface area contributed by atoms with Crippen LogP contribution in [0.4, 0.5) is 4.79 Å². The molecule has 3 unspecified atom stereocenters. The van der Waals surface area contributed by atoms with Gasteiger partial charge in [-0.2, -0.15) is 0 Å². The van der Waals surface area contributed by atoms with Crippen molar-refractivity contribution in [2.45, 2.75) is 51.6 Å². The van der Waals surface area contributed by atoms with Gasteiger partial charge in [-0.3, -0.25) is 19.3 Å². The third-order valence-corrected chi connectivity index (χ3v) is 7.21. The highest BCUT2D eigenvalue weighted by atomic mass is 32.2. The Hall–Kier alpha value is -1.82. The molecule has 2 aliphatic heterocycles. The predicted octanol–water partition coefficient (Wildman–Crippen LogP) is 3.92. The Bertz CT molecular complexity index is 750. The monoisotopic (exact) mass is 386 g/mol. The Kier molecular flexibility index (Phi) is 5.26. The number of benzene rings is 1. The fourth-order valence-corrected chi connectivity index (χ4v) is 5.58. The van der Waals surface area contributed by atoms with Crippen molar-refractivity contribution < 1.29 is 14.4 Å². The number of thioether (sulfide) groups is 1. The first-order valence-corrected chi connectivity index (χ1v) is 10.9. The fraction of sp³-hybridized carbons (Fsp3) is 0.571. The van der Waals surface area contributed by atoms with Crippen molar-refractivity contribution in [1.82, 2.24) is 9.80 Å². The highest BCUT2D eigenvalue weighted by molar-refractivity contribution is 8.14. The fourth-order valence-electron chi connectivity index (χ4n) is 4.85. The summed E-state index contributed by atoms with van der Waals surface area (Å²) in [5.41, 5.74) is 1.49. The van der Waals surface area contributed by atoms with E-state index in [1.165, 1.54) is 24.2 Å². The molecule has 27 heavy (non-hydrogen) atoms. The summed E-state index contributed by atoms with van der Waals surface area (Å²) in [6.07, 6.45) is 5.88. The molecule has 2 saturated heterocycles. The van der Waals surface area contributed by atoms with E-state index in [0.29, 0.717) is 23.4 Å². The number of hydrogen-bond donors (Lipinski definition) is 0. The van der Waals surface area contributed by atoms with Gasteiger partial charge in [0, 0.05) is 18.2 Å². The number of likely N-dealkylation sites (tertiary alicyclic amines) is 1. The molecule has 0 N–H and O–H groups in total. The minimum Gasteiger partial charge on any atom is -0.335 e. The number of carbonyl (C=O) groups excluding carboxylic acids is 3. The molecule has 1 aliphatic carbocycles. The zero-order chi connectivity index (χ0) is 19.0. The second kappa shape index (κ2) is 7.66. The van der Waals surface area contributed by atoms with Gasteiger partial charge in [0.25, 0.3) is 11.1 Å². The summed E-state index contributed by atoms with van der Waals surface area (Å²) in [5, 5.41) is -0.202. The summed E-state index contributed by atoms with van der Waals surface area (Å²) in [6.45, 7) is 3.40. The van der Waals surface area contributed by atoms with Crippen molar-refractivity contribution in [3.05, 3.63) is 35.4 Å². The first-order valence-electron chi connectivity index (χ1n) is 9.91. The van der Waals surface area contributed by atoms with Crippen molar-refractivity contribution in [1.29, 1.82) is 0 Å². The van der Waals surface area contributed by atoms with E-state index in [2.05, 4.69) is 11.8 Å². The summed E-state index contributed by atoms with van der Waals surface area (Å²) in [5.74, 6) is 1.46. The van der Waals surface area contributed by atoms with E-state index in [4.69, 9.17) is 0 Å². The number of hydrogen-bond acceptors (Lipinski definition) is 4. The molecule has 0 bridgehead atoms. The van der Waals surface area contributed by atoms with Crippen LogP contribution in [-0.4, -0.2) is 45.2 Å². The van der Waals surface area contributed by atoms with Gasteiger partial charge in [0.05, 0.1) is 12.3 Å². The highest BCUT2D eigenvalue weighted by Crippen LogP contribution is 2.39. The van der Waals surface area contributed by atoms with Crippen LogP contribution < -0.4 is 0 Å². The lowest BCUT2D eigenvalue weighted by atomic mass is 9.72. The summed E-state index contributed by atoms with van der Waals surface area (Å²) in [6, 6.07) is 7.79. The molecule has 3 fully saturated rings. The van der Waals surface area contributed by atoms with Crippen LogP contribution in [0.5, 0.6) is 0 Å². The highest BCUT2D eigenvalue weighted by Gasteiger charge is 2.39. The lowest BCUT2D eigenvalue weighted by Crippen LogP contribution is -2.52. The van der Waals surface area contributed by atoms with Gasteiger partial charge in [0.1, 0.15) is 0 Å². The number of fused-ring (bicyclic) bond motifs is 1. The average Bonchev–Trinajstić information content (AvgIpc) is 3.00. The zero-order valence-corrected chi connectivity index (χ0v) is 16.5. The first kappa shape index (κ1) is 18.5. The van der Waals surface area contributed by atoms with Crippen LogP contribution in [0.2, 0.25) is 0 Å². The molecule has 6 heteroatoms. The molecule has 4 rings (SSSR count). The molecule has 3 atom stereocenters. The van der Waals surface area contributed by atoms with Gasteiger partial charge in [-0.15, -0.1) is 0 Å². The van der Waals surface area contributed by atoms with Crippen molar-refractivity contribution in [3.8, 4) is 0 Å². The van der Waals surface area contributed by atoms with Crippen molar-refractivity contribution in [2.24, 2.45) is 11.8 Å². The molecule has 144 valence electrons. The van der Waals surface area contributed by atoms with E-state index < -0.39 is 0 Å². The summed E-state index contributed by atoms with van der Waals surface area (Å²) in [4.78, 5) is 40.3. The number of carbonyl (C=O) groups is 3. The van der Waals surface area contributed by atoms with Gasteiger partial charge < -0.3 is 4.90 Å². The third kappa shape index (κ3) is 3.64. The molecule has 1 saturated carbocycles.